The fraction of sp³-hybridized carbons (Fsp3) is 0.333. The van der Waals surface area contributed by atoms with Crippen molar-refractivity contribution >= 4 is 8.03 Å². The first-order chi connectivity index (χ1) is 6.63. The van der Waals surface area contributed by atoms with Crippen LogP contribution in [0.5, 0.6) is 0 Å². The lowest BCUT2D eigenvalue weighted by atomic mass is 10.2. The molecule has 0 saturated carbocycles. The first-order valence-electron chi connectivity index (χ1n) is 4.20. The molecule has 0 aromatic heterocycles. The van der Waals surface area contributed by atoms with Gasteiger partial charge in [-0.3, -0.25) is 4.57 Å². The van der Waals surface area contributed by atoms with Gasteiger partial charge in [-0.1, -0.05) is 30.3 Å². The minimum Gasteiger partial charge on any atom is -0.397 e. The van der Waals surface area contributed by atoms with Crippen molar-refractivity contribution in [3.63, 3.8) is 0 Å². The highest BCUT2D eigenvalue weighted by Crippen LogP contribution is 2.34. The van der Waals surface area contributed by atoms with E-state index in [-0.39, 0.29) is 6.61 Å². The van der Waals surface area contributed by atoms with Gasteiger partial charge in [-0.15, -0.1) is 0 Å². The zero-order valence-electron chi connectivity index (χ0n) is 7.92. The van der Waals surface area contributed by atoms with Gasteiger partial charge >= 0.3 is 0 Å². The smallest absolute Gasteiger partial charge is 0.221 e. The van der Waals surface area contributed by atoms with Gasteiger partial charge in [0.2, 0.25) is 8.03 Å². The zero-order chi connectivity index (χ0) is 11.0. The summed E-state index contributed by atoms with van der Waals surface area (Å²) in [5.74, 6) is -1.22. The van der Waals surface area contributed by atoms with Crippen LogP contribution in [0.15, 0.2) is 30.3 Å². The van der Waals surface area contributed by atoms with E-state index < -0.39 is 13.9 Å². The van der Waals surface area contributed by atoms with Crippen molar-refractivity contribution in [2.24, 2.45) is 0 Å². The van der Waals surface area contributed by atoms with Crippen molar-refractivity contribution in [3.8, 4) is 0 Å². The van der Waals surface area contributed by atoms with Gasteiger partial charge in [-0.2, -0.15) is 0 Å². The summed E-state index contributed by atoms with van der Waals surface area (Å²) in [5, 5.41) is 16.6. The average Bonchev–Trinajstić information content (AvgIpc) is 2.19. The molecule has 80 valence electrons. The SMILES string of the molecule is CCO.O=[PH](O)C(O)c1ccccc1. The Bertz CT molecular complexity index is 263. The number of benzene rings is 1. The van der Waals surface area contributed by atoms with Gasteiger partial charge in [-0.05, 0) is 12.5 Å². The van der Waals surface area contributed by atoms with Crippen molar-refractivity contribution in [1.82, 2.24) is 0 Å². The molecular formula is C9H15O4P. The molecule has 1 rings (SSSR count). The van der Waals surface area contributed by atoms with Gasteiger partial charge in [0.15, 0.2) is 5.85 Å². The minimum atomic E-state index is -2.86. The summed E-state index contributed by atoms with van der Waals surface area (Å²) in [7, 11) is -2.86. The fourth-order valence-corrected chi connectivity index (χ4v) is 1.26. The molecule has 0 bridgehead atoms. The van der Waals surface area contributed by atoms with Gasteiger partial charge in [0.05, 0.1) is 0 Å². The van der Waals surface area contributed by atoms with E-state index in [1.807, 2.05) is 0 Å². The van der Waals surface area contributed by atoms with Crippen LogP contribution in [-0.2, 0) is 4.57 Å². The largest absolute Gasteiger partial charge is 0.397 e. The lowest BCUT2D eigenvalue weighted by Gasteiger charge is -2.04. The molecule has 2 unspecified atom stereocenters. The van der Waals surface area contributed by atoms with Crippen molar-refractivity contribution in [2.75, 3.05) is 6.61 Å². The van der Waals surface area contributed by atoms with Crippen LogP contribution in [0.3, 0.4) is 0 Å². The summed E-state index contributed by atoms with van der Waals surface area (Å²) in [4.78, 5) is 8.57. The first kappa shape index (κ1) is 13.3. The van der Waals surface area contributed by atoms with Gasteiger partial charge in [-0.25, -0.2) is 0 Å². The molecule has 14 heavy (non-hydrogen) atoms. The van der Waals surface area contributed by atoms with Gasteiger partial charge in [0.25, 0.3) is 0 Å². The second-order valence-electron chi connectivity index (χ2n) is 2.47. The van der Waals surface area contributed by atoms with Crippen LogP contribution in [0.1, 0.15) is 18.3 Å². The Morgan fingerprint density at radius 2 is 1.79 bits per heavy atom. The quantitative estimate of drug-likeness (QED) is 0.650. The molecule has 0 aliphatic carbocycles. The third-order valence-corrected chi connectivity index (χ3v) is 2.15. The van der Waals surface area contributed by atoms with Crippen LogP contribution in [0.25, 0.3) is 0 Å². The molecule has 1 aromatic carbocycles. The van der Waals surface area contributed by atoms with Crippen molar-refractivity contribution in [1.29, 1.82) is 0 Å². The molecule has 0 amide bonds. The third-order valence-electron chi connectivity index (χ3n) is 1.35. The Hall–Kier alpha value is -0.670. The monoisotopic (exact) mass is 218 g/mol. The summed E-state index contributed by atoms with van der Waals surface area (Å²) >= 11 is 0. The highest BCUT2D eigenvalue weighted by Gasteiger charge is 2.10. The van der Waals surface area contributed by atoms with Crippen LogP contribution >= 0.6 is 8.03 Å². The normalized spacial score (nSPS) is 13.7. The van der Waals surface area contributed by atoms with Crippen molar-refractivity contribution < 1.29 is 19.7 Å². The van der Waals surface area contributed by atoms with Crippen LogP contribution in [0.2, 0.25) is 0 Å². The summed E-state index contributed by atoms with van der Waals surface area (Å²) in [6.07, 6.45) is 0. The topological polar surface area (TPSA) is 77.8 Å². The second kappa shape index (κ2) is 7.71. The molecule has 1 aromatic rings. The van der Waals surface area contributed by atoms with Crippen molar-refractivity contribution in [3.05, 3.63) is 35.9 Å². The molecule has 0 radical (unpaired) electrons. The van der Waals surface area contributed by atoms with E-state index in [0.717, 1.165) is 0 Å². The van der Waals surface area contributed by atoms with Crippen molar-refractivity contribution in [2.45, 2.75) is 12.8 Å². The van der Waals surface area contributed by atoms with Crippen LogP contribution in [0.4, 0.5) is 0 Å². The number of aliphatic hydroxyl groups excluding tert-OH is 2. The zero-order valence-corrected chi connectivity index (χ0v) is 8.92. The summed E-state index contributed by atoms with van der Waals surface area (Å²) < 4.78 is 10.4. The molecule has 4 nitrogen and oxygen atoms in total. The van der Waals surface area contributed by atoms with Gasteiger partial charge in [0.1, 0.15) is 0 Å². The Labute approximate surface area is 83.7 Å². The van der Waals surface area contributed by atoms with Crippen LogP contribution in [-0.4, -0.2) is 21.7 Å². The maximum atomic E-state index is 10.4. The van der Waals surface area contributed by atoms with E-state index in [2.05, 4.69) is 0 Å². The van der Waals surface area contributed by atoms with E-state index in [4.69, 9.17) is 15.1 Å². The molecule has 0 aliphatic heterocycles. The van der Waals surface area contributed by atoms with Gasteiger partial charge < -0.3 is 15.1 Å². The predicted molar refractivity (Wildman–Crippen MR) is 55.4 cm³/mol. The summed E-state index contributed by atoms with van der Waals surface area (Å²) in [6.45, 7) is 1.93. The average molecular weight is 218 g/mol. The molecule has 2 atom stereocenters. The second-order valence-corrected chi connectivity index (χ2v) is 3.69. The Morgan fingerprint density at radius 3 is 2.14 bits per heavy atom. The van der Waals surface area contributed by atoms with Gasteiger partial charge in [0, 0.05) is 6.61 Å². The summed E-state index contributed by atoms with van der Waals surface area (Å²) in [6, 6.07) is 8.43. The van der Waals surface area contributed by atoms with Crippen LogP contribution < -0.4 is 0 Å². The summed E-state index contributed by atoms with van der Waals surface area (Å²) in [5.41, 5.74) is 0.485. The minimum absolute atomic E-state index is 0.250. The number of hydrogen-bond acceptors (Lipinski definition) is 3. The van der Waals surface area contributed by atoms with E-state index in [1.54, 1.807) is 37.3 Å². The Kier molecular flexibility index (Phi) is 7.34. The molecular weight excluding hydrogens is 203 g/mol. The Morgan fingerprint density at radius 1 is 1.36 bits per heavy atom. The fourth-order valence-electron chi connectivity index (χ4n) is 0.778. The predicted octanol–water partition coefficient (Wildman–Crippen LogP) is 1.14. The standard InChI is InChI=1S/C7H9O3P.C2H6O/c8-7(11(9)10)6-4-2-1-3-5-6;1-2-3/h1-5,7-8,11H,(H,9,10);3H,2H2,1H3. The Balaban J connectivity index is 0.000000500. The van der Waals surface area contributed by atoms with E-state index in [0.29, 0.717) is 5.56 Å². The first-order valence-corrected chi connectivity index (χ1v) is 5.63. The highest BCUT2D eigenvalue weighted by molar-refractivity contribution is 7.38. The van der Waals surface area contributed by atoms with E-state index >= 15 is 0 Å². The number of rotatable bonds is 2. The maximum absolute atomic E-state index is 10.4. The maximum Gasteiger partial charge on any atom is 0.221 e. The lowest BCUT2D eigenvalue weighted by Crippen LogP contribution is -1.89. The molecule has 0 heterocycles. The molecule has 0 aliphatic rings. The molecule has 3 N–H and O–H groups in total. The molecule has 0 fully saturated rings. The van der Waals surface area contributed by atoms with E-state index in [9.17, 15) is 4.57 Å². The molecule has 5 heteroatoms. The number of hydrogen-bond donors (Lipinski definition) is 3. The molecule has 0 saturated heterocycles. The van der Waals surface area contributed by atoms with E-state index in [1.165, 1.54) is 0 Å². The highest BCUT2D eigenvalue weighted by atomic mass is 31.1. The number of aliphatic hydroxyl groups is 2. The molecule has 0 spiro atoms. The van der Waals surface area contributed by atoms with Crippen LogP contribution in [0, 0.1) is 0 Å². The lowest BCUT2D eigenvalue weighted by molar-refractivity contribution is 0.243. The third kappa shape index (κ3) is 5.14.